The molecular weight excluding hydrogens is 136 g/mol. The number of rotatable bonds is 1. The van der Waals surface area contributed by atoms with Crippen LogP contribution in [-0.4, -0.2) is 0 Å². The van der Waals surface area contributed by atoms with Crippen LogP contribution < -0.4 is 11.5 Å². The molecule has 1 rings (SSSR count). The molecule has 0 bridgehead atoms. The molecule has 0 amide bonds. The van der Waals surface area contributed by atoms with Crippen LogP contribution in [0.3, 0.4) is 0 Å². The van der Waals surface area contributed by atoms with Gasteiger partial charge >= 0.3 is 0 Å². The zero-order valence-corrected chi connectivity index (χ0v) is 6.54. The van der Waals surface area contributed by atoms with Crippen molar-refractivity contribution in [2.45, 2.75) is 6.92 Å². The molecule has 0 unspecified atom stereocenters. The van der Waals surface area contributed by atoms with Gasteiger partial charge in [0.1, 0.15) is 0 Å². The van der Waals surface area contributed by atoms with Gasteiger partial charge in [-0.05, 0) is 30.7 Å². The van der Waals surface area contributed by atoms with Gasteiger partial charge in [0.15, 0.2) is 0 Å². The lowest BCUT2D eigenvalue weighted by Crippen LogP contribution is -1.89. The normalized spacial score (nSPS) is 11.5. The molecule has 0 aliphatic heterocycles. The molecule has 58 valence electrons. The summed E-state index contributed by atoms with van der Waals surface area (Å²) in [5.41, 5.74) is 13.7. The van der Waals surface area contributed by atoms with Crippen molar-refractivity contribution < 1.29 is 0 Å². The van der Waals surface area contributed by atoms with Crippen LogP contribution >= 0.6 is 0 Å². The van der Waals surface area contributed by atoms with Crippen LogP contribution in [-0.2, 0) is 0 Å². The minimum absolute atomic E-state index is 0.775. The highest BCUT2D eigenvalue weighted by molar-refractivity contribution is 5.54. The van der Waals surface area contributed by atoms with Crippen LogP contribution in [0.5, 0.6) is 0 Å². The van der Waals surface area contributed by atoms with E-state index in [-0.39, 0.29) is 0 Å². The molecule has 0 heterocycles. The third-order valence-electron chi connectivity index (χ3n) is 1.33. The Morgan fingerprint density at radius 1 is 1.27 bits per heavy atom. The first kappa shape index (κ1) is 7.66. The fourth-order valence-corrected chi connectivity index (χ4v) is 0.855. The van der Waals surface area contributed by atoms with Crippen molar-refractivity contribution in [3.63, 3.8) is 0 Å². The van der Waals surface area contributed by atoms with E-state index in [0.29, 0.717) is 0 Å². The molecule has 0 aliphatic carbocycles. The summed E-state index contributed by atoms with van der Waals surface area (Å²) in [7, 11) is 0. The molecule has 11 heavy (non-hydrogen) atoms. The van der Waals surface area contributed by atoms with Crippen molar-refractivity contribution in [1.29, 1.82) is 0 Å². The summed E-state index contributed by atoms with van der Waals surface area (Å²) in [6.45, 7) is 1.86. The molecular formula is C9H12N2. The average Bonchev–Trinajstić information content (AvgIpc) is 1.93. The number of benzene rings is 1. The molecule has 2 nitrogen and oxygen atoms in total. The molecule has 0 atom stereocenters. The predicted molar refractivity (Wildman–Crippen MR) is 48.7 cm³/mol. The lowest BCUT2D eigenvalue weighted by atomic mass is 10.2. The maximum Gasteiger partial charge on any atom is 0.0314 e. The van der Waals surface area contributed by atoms with Gasteiger partial charge in [0.25, 0.3) is 0 Å². The molecule has 0 aromatic heterocycles. The molecule has 4 N–H and O–H groups in total. The third-order valence-corrected chi connectivity index (χ3v) is 1.33. The van der Waals surface area contributed by atoms with E-state index in [9.17, 15) is 0 Å². The predicted octanol–water partition coefficient (Wildman–Crippen LogP) is 1.59. The molecule has 0 saturated heterocycles. The Bertz CT molecular complexity index is 255. The molecule has 1 aromatic carbocycles. The summed E-state index contributed by atoms with van der Waals surface area (Å²) in [6, 6.07) is 7.58. The second kappa shape index (κ2) is 3.10. The topological polar surface area (TPSA) is 52.0 Å². The molecule has 2 heteroatoms. The molecule has 1 aromatic rings. The van der Waals surface area contributed by atoms with Crippen LogP contribution in [0.1, 0.15) is 12.5 Å². The summed E-state index contributed by atoms with van der Waals surface area (Å²) < 4.78 is 0. The van der Waals surface area contributed by atoms with Crippen molar-refractivity contribution in [2.75, 3.05) is 5.73 Å². The standard InChI is InChI=1S/C9H12N2/c1-7(10)6-8-2-4-9(11)5-3-8/h2-6H,10-11H2,1H3/b7-6+. The number of anilines is 1. The number of nitrogen functional groups attached to an aromatic ring is 1. The third kappa shape index (κ3) is 2.34. The quantitative estimate of drug-likeness (QED) is 0.594. The number of nitrogens with two attached hydrogens (primary N) is 2. The van der Waals surface area contributed by atoms with Gasteiger partial charge in [-0.1, -0.05) is 12.1 Å². The molecule has 0 radical (unpaired) electrons. The van der Waals surface area contributed by atoms with E-state index in [1.807, 2.05) is 37.3 Å². The summed E-state index contributed by atoms with van der Waals surface area (Å²) in [5.74, 6) is 0. The lowest BCUT2D eigenvalue weighted by molar-refractivity contribution is 1.34. The van der Waals surface area contributed by atoms with E-state index in [0.717, 1.165) is 16.9 Å². The van der Waals surface area contributed by atoms with Crippen molar-refractivity contribution in [3.8, 4) is 0 Å². The van der Waals surface area contributed by atoms with Gasteiger partial charge in [-0.2, -0.15) is 0 Å². The zero-order valence-electron chi connectivity index (χ0n) is 6.54. The first-order valence-corrected chi connectivity index (χ1v) is 3.48. The van der Waals surface area contributed by atoms with Gasteiger partial charge in [0.05, 0.1) is 0 Å². The first-order chi connectivity index (χ1) is 5.18. The Balaban J connectivity index is 2.91. The first-order valence-electron chi connectivity index (χ1n) is 3.48. The second-order valence-corrected chi connectivity index (χ2v) is 2.56. The molecule has 0 fully saturated rings. The number of allylic oxidation sites excluding steroid dienone is 1. The van der Waals surface area contributed by atoms with Crippen LogP contribution in [0.25, 0.3) is 6.08 Å². The Labute approximate surface area is 66.5 Å². The molecule has 0 spiro atoms. The van der Waals surface area contributed by atoms with Gasteiger partial charge in [0.2, 0.25) is 0 Å². The second-order valence-electron chi connectivity index (χ2n) is 2.56. The van der Waals surface area contributed by atoms with E-state index in [1.54, 1.807) is 0 Å². The minimum atomic E-state index is 0.775. The maximum atomic E-state index is 5.51. The van der Waals surface area contributed by atoms with Crippen molar-refractivity contribution in [1.82, 2.24) is 0 Å². The van der Waals surface area contributed by atoms with E-state index in [4.69, 9.17) is 11.5 Å². The molecule has 0 saturated carbocycles. The highest BCUT2D eigenvalue weighted by Gasteiger charge is 1.86. The maximum absolute atomic E-state index is 5.51. The summed E-state index contributed by atoms with van der Waals surface area (Å²) in [6.07, 6.45) is 1.90. The van der Waals surface area contributed by atoms with Gasteiger partial charge in [-0.25, -0.2) is 0 Å². The lowest BCUT2D eigenvalue weighted by Gasteiger charge is -1.95. The average molecular weight is 148 g/mol. The van der Waals surface area contributed by atoms with Crippen LogP contribution in [0.2, 0.25) is 0 Å². The zero-order chi connectivity index (χ0) is 8.27. The van der Waals surface area contributed by atoms with Crippen molar-refractivity contribution >= 4 is 11.8 Å². The highest BCUT2D eigenvalue weighted by atomic mass is 14.5. The fraction of sp³-hybridized carbons (Fsp3) is 0.111. The Kier molecular flexibility index (Phi) is 2.16. The summed E-state index contributed by atoms with van der Waals surface area (Å²) in [5, 5.41) is 0. The summed E-state index contributed by atoms with van der Waals surface area (Å²) in [4.78, 5) is 0. The van der Waals surface area contributed by atoms with Crippen molar-refractivity contribution in [3.05, 3.63) is 35.5 Å². The Morgan fingerprint density at radius 3 is 2.27 bits per heavy atom. The monoisotopic (exact) mass is 148 g/mol. The largest absolute Gasteiger partial charge is 0.402 e. The van der Waals surface area contributed by atoms with Crippen molar-refractivity contribution in [2.24, 2.45) is 5.73 Å². The smallest absolute Gasteiger partial charge is 0.0314 e. The molecule has 0 aliphatic rings. The minimum Gasteiger partial charge on any atom is -0.402 e. The summed E-state index contributed by atoms with van der Waals surface area (Å²) >= 11 is 0. The highest BCUT2D eigenvalue weighted by Crippen LogP contribution is 2.07. The van der Waals surface area contributed by atoms with E-state index >= 15 is 0 Å². The van der Waals surface area contributed by atoms with E-state index in [1.165, 1.54) is 0 Å². The van der Waals surface area contributed by atoms with Crippen LogP contribution in [0.4, 0.5) is 5.69 Å². The fourth-order valence-electron chi connectivity index (χ4n) is 0.855. The van der Waals surface area contributed by atoms with Gasteiger partial charge < -0.3 is 11.5 Å². The van der Waals surface area contributed by atoms with Crippen LogP contribution in [0, 0.1) is 0 Å². The van der Waals surface area contributed by atoms with Crippen LogP contribution in [0.15, 0.2) is 30.0 Å². The Hall–Kier alpha value is -1.44. The van der Waals surface area contributed by atoms with Gasteiger partial charge in [-0.3, -0.25) is 0 Å². The SMILES string of the molecule is C/C(N)=C\c1ccc(N)cc1. The van der Waals surface area contributed by atoms with E-state index < -0.39 is 0 Å². The Morgan fingerprint density at radius 2 is 1.82 bits per heavy atom. The van der Waals surface area contributed by atoms with Gasteiger partial charge in [-0.15, -0.1) is 0 Å². The van der Waals surface area contributed by atoms with Gasteiger partial charge in [0, 0.05) is 11.4 Å². The number of hydrogen-bond acceptors (Lipinski definition) is 2. The van der Waals surface area contributed by atoms with E-state index in [2.05, 4.69) is 0 Å². The number of hydrogen-bond donors (Lipinski definition) is 2.